The van der Waals surface area contributed by atoms with Gasteiger partial charge in [-0.15, -0.1) is 0 Å². The standard InChI is InChI=1S/C13H16N4OS2/c14-11-10(20-13(17-11)16-9-1-2-9)12(18)15-5-3-8-4-6-19-7-8/h4,6-7,9H,1-3,5,14H2,(H,15,18)(H,16,17). The van der Waals surface area contributed by atoms with Gasteiger partial charge in [-0.1, -0.05) is 11.3 Å². The van der Waals surface area contributed by atoms with Crippen LogP contribution in [0.3, 0.4) is 0 Å². The highest BCUT2D eigenvalue weighted by atomic mass is 32.1. The number of nitrogens with two attached hydrogens (primary N) is 1. The van der Waals surface area contributed by atoms with Gasteiger partial charge >= 0.3 is 0 Å². The summed E-state index contributed by atoms with van der Waals surface area (Å²) < 4.78 is 0. The van der Waals surface area contributed by atoms with Crippen LogP contribution in [-0.4, -0.2) is 23.5 Å². The summed E-state index contributed by atoms with van der Waals surface area (Å²) in [6, 6.07) is 2.57. The molecule has 2 heterocycles. The molecule has 1 fully saturated rings. The van der Waals surface area contributed by atoms with Crippen LogP contribution < -0.4 is 16.4 Å². The molecule has 2 aromatic heterocycles. The third-order valence-electron chi connectivity index (χ3n) is 3.04. The van der Waals surface area contributed by atoms with Crippen molar-refractivity contribution >= 4 is 39.5 Å². The molecule has 7 heteroatoms. The summed E-state index contributed by atoms with van der Waals surface area (Å²) >= 11 is 2.99. The summed E-state index contributed by atoms with van der Waals surface area (Å²) in [5.74, 6) is 0.172. The van der Waals surface area contributed by atoms with Gasteiger partial charge in [-0.3, -0.25) is 4.79 Å². The van der Waals surface area contributed by atoms with E-state index in [9.17, 15) is 4.79 Å². The molecule has 1 amide bonds. The van der Waals surface area contributed by atoms with Gasteiger partial charge in [-0.25, -0.2) is 4.98 Å². The first-order valence-corrected chi connectivity index (χ1v) is 8.30. The van der Waals surface area contributed by atoms with Crippen molar-refractivity contribution in [1.29, 1.82) is 0 Å². The Kier molecular flexibility index (Phi) is 3.88. The summed E-state index contributed by atoms with van der Waals surface area (Å²) in [5.41, 5.74) is 7.04. The molecule has 0 spiro atoms. The number of aromatic nitrogens is 1. The number of anilines is 2. The van der Waals surface area contributed by atoms with Crippen molar-refractivity contribution in [3.8, 4) is 0 Å². The highest BCUT2D eigenvalue weighted by molar-refractivity contribution is 7.18. The second-order valence-electron chi connectivity index (χ2n) is 4.79. The fourth-order valence-electron chi connectivity index (χ4n) is 1.79. The van der Waals surface area contributed by atoms with Gasteiger partial charge in [0.05, 0.1) is 0 Å². The van der Waals surface area contributed by atoms with E-state index in [0.717, 1.165) is 11.6 Å². The Bertz CT molecular complexity index is 590. The number of rotatable bonds is 6. The SMILES string of the molecule is Nc1nc(NC2CC2)sc1C(=O)NCCc1ccsc1. The third-order valence-corrected chi connectivity index (χ3v) is 4.78. The number of thiophene rings is 1. The van der Waals surface area contributed by atoms with Crippen molar-refractivity contribution in [1.82, 2.24) is 10.3 Å². The van der Waals surface area contributed by atoms with Crippen molar-refractivity contribution in [3.63, 3.8) is 0 Å². The Balaban J connectivity index is 1.54. The minimum Gasteiger partial charge on any atom is -0.382 e. The number of carbonyl (C=O) groups is 1. The van der Waals surface area contributed by atoms with Gasteiger partial charge < -0.3 is 16.4 Å². The predicted octanol–water partition coefficient (Wildman–Crippen LogP) is 2.33. The van der Waals surface area contributed by atoms with Gasteiger partial charge in [0.1, 0.15) is 10.7 Å². The largest absolute Gasteiger partial charge is 0.382 e. The number of hydrogen-bond donors (Lipinski definition) is 3. The summed E-state index contributed by atoms with van der Waals surface area (Å²) in [7, 11) is 0. The van der Waals surface area contributed by atoms with Crippen LogP contribution >= 0.6 is 22.7 Å². The molecule has 0 aliphatic heterocycles. The lowest BCUT2D eigenvalue weighted by Crippen LogP contribution is -2.25. The molecule has 0 saturated heterocycles. The molecule has 0 atom stereocenters. The number of nitrogen functional groups attached to an aromatic ring is 1. The number of nitrogens with zero attached hydrogens (tertiary/aromatic N) is 1. The Hall–Kier alpha value is -1.60. The monoisotopic (exact) mass is 308 g/mol. The summed E-state index contributed by atoms with van der Waals surface area (Å²) in [4.78, 5) is 16.8. The lowest BCUT2D eigenvalue weighted by atomic mass is 10.2. The molecule has 20 heavy (non-hydrogen) atoms. The van der Waals surface area contributed by atoms with E-state index in [1.54, 1.807) is 11.3 Å². The smallest absolute Gasteiger partial charge is 0.265 e. The Morgan fingerprint density at radius 2 is 2.35 bits per heavy atom. The lowest BCUT2D eigenvalue weighted by Gasteiger charge is -2.02. The average molecular weight is 308 g/mol. The Morgan fingerprint density at radius 1 is 1.50 bits per heavy atom. The molecule has 1 saturated carbocycles. The highest BCUT2D eigenvalue weighted by Gasteiger charge is 2.24. The molecule has 1 aliphatic rings. The zero-order chi connectivity index (χ0) is 13.9. The van der Waals surface area contributed by atoms with E-state index in [4.69, 9.17) is 5.73 Å². The maximum atomic E-state index is 12.1. The summed E-state index contributed by atoms with van der Waals surface area (Å²) in [6.07, 6.45) is 3.17. The van der Waals surface area contributed by atoms with Gasteiger partial charge in [0.15, 0.2) is 5.13 Å². The van der Waals surface area contributed by atoms with Crippen LogP contribution in [0.25, 0.3) is 0 Å². The minimum absolute atomic E-state index is 0.140. The van der Waals surface area contributed by atoms with E-state index in [0.29, 0.717) is 23.3 Å². The molecular weight excluding hydrogens is 292 g/mol. The Labute approximate surface area is 125 Å². The number of nitrogens with one attached hydrogen (secondary N) is 2. The van der Waals surface area contributed by atoms with Crippen LogP contribution in [0.5, 0.6) is 0 Å². The number of thiazole rings is 1. The second kappa shape index (κ2) is 5.80. The third kappa shape index (κ3) is 3.29. The molecule has 0 radical (unpaired) electrons. The lowest BCUT2D eigenvalue weighted by molar-refractivity contribution is 0.0959. The van der Waals surface area contributed by atoms with Gasteiger partial charge in [0.25, 0.3) is 5.91 Å². The molecule has 4 N–H and O–H groups in total. The molecular formula is C13H16N4OS2. The first-order chi connectivity index (χ1) is 9.72. The molecule has 0 aromatic carbocycles. The quantitative estimate of drug-likeness (QED) is 0.765. The van der Waals surface area contributed by atoms with E-state index in [1.807, 2.05) is 5.38 Å². The Morgan fingerprint density at radius 3 is 3.05 bits per heavy atom. The predicted molar refractivity (Wildman–Crippen MR) is 83.5 cm³/mol. The van der Waals surface area contributed by atoms with E-state index in [2.05, 4.69) is 27.1 Å². The van der Waals surface area contributed by atoms with Crippen LogP contribution in [0.1, 0.15) is 28.1 Å². The number of amides is 1. The molecule has 1 aliphatic carbocycles. The van der Waals surface area contributed by atoms with Crippen LogP contribution in [0.4, 0.5) is 10.9 Å². The zero-order valence-corrected chi connectivity index (χ0v) is 12.5. The van der Waals surface area contributed by atoms with Gasteiger partial charge in [0, 0.05) is 12.6 Å². The normalized spacial score (nSPS) is 14.2. The molecule has 106 valence electrons. The van der Waals surface area contributed by atoms with Crippen molar-refractivity contribution in [2.45, 2.75) is 25.3 Å². The van der Waals surface area contributed by atoms with Gasteiger partial charge in [0.2, 0.25) is 0 Å². The molecule has 0 unspecified atom stereocenters. The van der Waals surface area contributed by atoms with Crippen molar-refractivity contribution in [3.05, 3.63) is 27.3 Å². The van der Waals surface area contributed by atoms with Gasteiger partial charge in [-0.2, -0.15) is 11.3 Å². The van der Waals surface area contributed by atoms with Crippen LogP contribution in [0, 0.1) is 0 Å². The molecule has 2 aromatic rings. The van der Waals surface area contributed by atoms with Crippen molar-refractivity contribution < 1.29 is 4.79 Å². The molecule has 5 nitrogen and oxygen atoms in total. The topological polar surface area (TPSA) is 80.0 Å². The highest BCUT2D eigenvalue weighted by Crippen LogP contribution is 2.30. The van der Waals surface area contributed by atoms with E-state index in [-0.39, 0.29) is 5.91 Å². The summed E-state index contributed by atoms with van der Waals surface area (Å²) in [6.45, 7) is 0.609. The average Bonchev–Trinajstić information content (AvgIpc) is 2.94. The van der Waals surface area contributed by atoms with E-state index < -0.39 is 0 Å². The number of hydrogen-bond acceptors (Lipinski definition) is 6. The van der Waals surface area contributed by atoms with Crippen molar-refractivity contribution in [2.75, 3.05) is 17.6 Å². The van der Waals surface area contributed by atoms with E-state index >= 15 is 0 Å². The maximum absolute atomic E-state index is 12.1. The molecule has 3 rings (SSSR count). The fourth-order valence-corrected chi connectivity index (χ4v) is 3.38. The second-order valence-corrected chi connectivity index (χ2v) is 6.57. The van der Waals surface area contributed by atoms with Crippen molar-refractivity contribution in [2.24, 2.45) is 0 Å². The minimum atomic E-state index is -0.140. The number of carbonyl (C=O) groups excluding carboxylic acids is 1. The van der Waals surface area contributed by atoms with Crippen LogP contribution in [-0.2, 0) is 6.42 Å². The first-order valence-electron chi connectivity index (χ1n) is 6.54. The van der Waals surface area contributed by atoms with Gasteiger partial charge in [-0.05, 0) is 41.7 Å². The van der Waals surface area contributed by atoms with Crippen LogP contribution in [0.2, 0.25) is 0 Å². The molecule has 0 bridgehead atoms. The fraction of sp³-hybridized carbons (Fsp3) is 0.385. The van der Waals surface area contributed by atoms with Crippen LogP contribution in [0.15, 0.2) is 16.8 Å². The maximum Gasteiger partial charge on any atom is 0.265 e. The first kappa shape index (κ1) is 13.4. The van der Waals surface area contributed by atoms with E-state index in [1.165, 1.54) is 29.7 Å². The summed E-state index contributed by atoms with van der Waals surface area (Å²) in [5, 5.41) is 11.0. The zero-order valence-electron chi connectivity index (χ0n) is 10.9.